The van der Waals surface area contributed by atoms with Crippen molar-refractivity contribution < 1.29 is 0 Å². The Bertz CT molecular complexity index is 236. The lowest BCUT2D eigenvalue weighted by Crippen LogP contribution is -2.45. The molecule has 0 radical (unpaired) electrons. The quantitative estimate of drug-likeness (QED) is 0.634. The van der Waals surface area contributed by atoms with Gasteiger partial charge in [0.25, 0.3) is 0 Å². The van der Waals surface area contributed by atoms with E-state index >= 15 is 0 Å². The second-order valence-electron chi connectivity index (χ2n) is 4.63. The van der Waals surface area contributed by atoms with Gasteiger partial charge in [0.1, 0.15) is 0 Å². The zero-order valence-electron chi connectivity index (χ0n) is 8.39. The third kappa shape index (κ3) is 1.42. The average Bonchev–Trinajstić information content (AvgIpc) is 2.34. The van der Waals surface area contributed by atoms with Crippen molar-refractivity contribution in [1.82, 2.24) is 0 Å². The maximum absolute atomic E-state index is 6.26. The zero-order chi connectivity index (χ0) is 9.41. The lowest BCUT2D eigenvalue weighted by Gasteiger charge is -2.42. The summed E-state index contributed by atoms with van der Waals surface area (Å²) < 4.78 is 0. The number of hydrogen-bond acceptors (Lipinski definition) is 1. The molecule has 0 heterocycles. The molecule has 2 N–H and O–H groups in total. The molecule has 1 rings (SSSR count). The second kappa shape index (κ2) is 2.67. The van der Waals surface area contributed by atoms with Gasteiger partial charge in [-0.1, -0.05) is 27.7 Å². The molecule has 0 fully saturated rings. The fourth-order valence-corrected chi connectivity index (χ4v) is 1.15. The molecule has 0 spiro atoms. The first kappa shape index (κ1) is 9.40. The van der Waals surface area contributed by atoms with Gasteiger partial charge >= 0.3 is 0 Å². The molecule has 0 bridgehead atoms. The van der Waals surface area contributed by atoms with Crippen molar-refractivity contribution in [3.05, 3.63) is 29.8 Å². The first-order chi connectivity index (χ1) is 5.36. The Labute approximate surface area is 75.0 Å². The molecule has 1 aromatic rings. The van der Waals surface area contributed by atoms with E-state index in [4.69, 9.17) is 5.73 Å². The van der Waals surface area contributed by atoms with Gasteiger partial charge in [-0.15, -0.1) is 0 Å². The van der Waals surface area contributed by atoms with Crippen LogP contribution in [0, 0.1) is 5.41 Å². The van der Waals surface area contributed by atoms with Crippen LogP contribution >= 0.6 is 0 Å². The molecule has 1 unspecified atom stereocenters. The first-order valence-corrected chi connectivity index (χ1v) is 4.37. The van der Waals surface area contributed by atoms with E-state index in [0.717, 1.165) is 0 Å². The Morgan fingerprint density at radius 1 is 1.25 bits per heavy atom. The highest BCUT2D eigenvalue weighted by Crippen LogP contribution is 2.36. The summed E-state index contributed by atoms with van der Waals surface area (Å²) in [5, 5.41) is 0. The van der Waals surface area contributed by atoms with Crippen LogP contribution in [0.25, 0.3) is 0 Å². The Kier molecular flexibility index (Phi) is 2.09. The molecule has 0 aliphatic rings. The van der Waals surface area contributed by atoms with E-state index in [0.29, 0.717) is 0 Å². The van der Waals surface area contributed by atoms with Crippen molar-refractivity contribution in [2.75, 3.05) is 0 Å². The SMILES string of the molecule is CC(C)(C)C(C)(N)c1cc[cH-]c1. The number of nitrogens with two attached hydrogens (primary N) is 1. The fraction of sp³-hybridized carbons (Fsp3) is 0.545. The molecule has 0 aliphatic heterocycles. The van der Waals surface area contributed by atoms with Gasteiger partial charge in [0, 0.05) is 0 Å². The molecule has 1 atom stereocenters. The minimum atomic E-state index is -0.240. The summed E-state index contributed by atoms with van der Waals surface area (Å²) in [4.78, 5) is 0. The van der Waals surface area contributed by atoms with Gasteiger partial charge in [0.2, 0.25) is 0 Å². The van der Waals surface area contributed by atoms with Crippen molar-refractivity contribution in [2.45, 2.75) is 33.2 Å². The predicted molar refractivity (Wildman–Crippen MR) is 53.0 cm³/mol. The predicted octanol–water partition coefficient (Wildman–Crippen LogP) is 2.63. The molecule has 0 aliphatic carbocycles. The largest absolute Gasteiger partial charge is 0.332 e. The molecular weight excluding hydrogens is 146 g/mol. The van der Waals surface area contributed by atoms with Crippen molar-refractivity contribution in [3.8, 4) is 0 Å². The molecule has 12 heavy (non-hydrogen) atoms. The van der Waals surface area contributed by atoms with Crippen LogP contribution in [0.1, 0.15) is 33.3 Å². The summed E-state index contributed by atoms with van der Waals surface area (Å²) in [5.74, 6) is 0. The highest BCUT2D eigenvalue weighted by Gasteiger charge is 2.30. The Morgan fingerprint density at radius 3 is 2.17 bits per heavy atom. The topological polar surface area (TPSA) is 26.0 Å². The van der Waals surface area contributed by atoms with E-state index in [1.54, 1.807) is 0 Å². The molecule has 0 saturated heterocycles. The fourth-order valence-electron chi connectivity index (χ4n) is 1.15. The summed E-state index contributed by atoms with van der Waals surface area (Å²) in [6.07, 6.45) is 0. The minimum Gasteiger partial charge on any atom is -0.332 e. The van der Waals surface area contributed by atoms with Gasteiger partial charge in [-0.25, -0.2) is 6.07 Å². The van der Waals surface area contributed by atoms with E-state index in [1.807, 2.05) is 12.1 Å². The van der Waals surface area contributed by atoms with Gasteiger partial charge in [0.05, 0.1) is 0 Å². The summed E-state index contributed by atoms with van der Waals surface area (Å²) in [6.45, 7) is 8.59. The Morgan fingerprint density at radius 2 is 1.83 bits per heavy atom. The van der Waals surface area contributed by atoms with Gasteiger partial charge in [0.15, 0.2) is 0 Å². The van der Waals surface area contributed by atoms with Crippen LogP contribution in [0.15, 0.2) is 24.3 Å². The van der Waals surface area contributed by atoms with Crippen molar-refractivity contribution >= 4 is 0 Å². The second-order valence-corrected chi connectivity index (χ2v) is 4.63. The van der Waals surface area contributed by atoms with E-state index in [2.05, 4.69) is 39.8 Å². The Hall–Kier alpha value is -0.690. The minimum absolute atomic E-state index is 0.0986. The average molecular weight is 164 g/mol. The standard InChI is InChI=1S/C11H18N/c1-10(2,3)11(4,12)9-7-5-6-8-9/h5-8H,12H2,1-4H3/q-1. The summed E-state index contributed by atoms with van der Waals surface area (Å²) in [6, 6.07) is 8.24. The Balaban J connectivity index is 3.02. The van der Waals surface area contributed by atoms with Crippen molar-refractivity contribution in [2.24, 2.45) is 11.1 Å². The lowest BCUT2D eigenvalue weighted by atomic mass is 9.72. The molecule has 68 valence electrons. The normalized spacial score (nSPS) is 17.4. The third-order valence-electron chi connectivity index (χ3n) is 2.82. The van der Waals surface area contributed by atoms with Crippen molar-refractivity contribution in [3.63, 3.8) is 0 Å². The molecule has 1 heteroatoms. The highest BCUT2D eigenvalue weighted by atomic mass is 14.8. The van der Waals surface area contributed by atoms with Crippen LogP contribution in [0.2, 0.25) is 0 Å². The number of rotatable bonds is 1. The van der Waals surface area contributed by atoms with Crippen molar-refractivity contribution in [1.29, 1.82) is 0 Å². The zero-order valence-corrected chi connectivity index (χ0v) is 8.39. The van der Waals surface area contributed by atoms with Crippen LogP contribution in [-0.4, -0.2) is 0 Å². The highest BCUT2D eigenvalue weighted by molar-refractivity contribution is 5.26. The van der Waals surface area contributed by atoms with Crippen LogP contribution in [-0.2, 0) is 5.54 Å². The van der Waals surface area contributed by atoms with Crippen LogP contribution < -0.4 is 5.73 Å². The van der Waals surface area contributed by atoms with Crippen LogP contribution in [0.5, 0.6) is 0 Å². The molecule has 0 saturated carbocycles. The first-order valence-electron chi connectivity index (χ1n) is 4.37. The van der Waals surface area contributed by atoms with Crippen LogP contribution in [0.3, 0.4) is 0 Å². The third-order valence-corrected chi connectivity index (χ3v) is 2.82. The van der Waals surface area contributed by atoms with E-state index < -0.39 is 0 Å². The van der Waals surface area contributed by atoms with Gasteiger partial charge in [-0.05, 0) is 11.0 Å². The maximum Gasteiger partial charge on any atom is -0.0124 e. The van der Waals surface area contributed by atoms with Gasteiger partial charge < -0.3 is 5.73 Å². The van der Waals surface area contributed by atoms with E-state index in [9.17, 15) is 0 Å². The monoisotopic (exact) mass is 164 g/mol. The number of hydrogen-bond donors (Lipinski definition) is 1. The molecule has 0 aromatic heterocycles. The van der Waals surface area contributed by atoms with Gasteiger partial charge in [-0.2, -0.15) is 23.8 Å². The van der Waals surface area contributed by atoms with Gasteiger partial charge in [-0.3, -0.25) is 0 Å². The summed E-state index contributed by atoms with van der Waals surface area (Å²) in [7, 11) is 0. The molecule has 1 aromatic carbocycles. The van der Waals surface area contributed by atoms with E-state index in [-0.39, 0.29) is 11.0 Å². The van der Waals surface area contributed by atoms with E-state index in [1.165, 1.54) is 5.56 Å². The molecule has 0 amide bonds. The molecular formula is C11H18N-. The smallest absolute Gasteiger partial charge is 0.0124 e. The van der Waals surface area contributed by atoms with Crippen LogP contribution in [0.4, 0.5) is 0 Å². The summed E-state index contributed by atoms with van der Waals surface area (Å²) >= 11 is 0. The lowest BCUT2D eigenvalue weighted by molar-refractivity contribution is 0.211. The molecule has 1 nitrogen and oxygen atoms in total. The summed E-state index contributed by atoms with van der Waals surface area (Å²) in [5.41, 5.74) is 7.34. The maximum atomic E-state index is 6.26.